The van der Waals surface area contributed by atoms with Crippen LogP contribution >= 0.6 is 0 Å². The Labute approximate surface area is 191 Å². The number of piperazine rings is 1. The molecule has 1 saturated heterocycles. The minimum atomic E-state index is -0.399. The van der Waals surface area contributed by atoms with E-state index >= 15 is 0 Å². The molecule has 7 nitrogen and oxygen atoms in total. The van der Waals surface area contributed by atoms with Gasteiger partial charge in [-0.2, -0.15) is 0 Å². The number of amides is 2. The van der Waals surface area contributed by atoms with Crippen molar-refractivity contribution in [3.8, 4) is 5.75 Å². The van der Waals surface area contributed by atoms with Crippen LogP contribution in [0.2, 0.25) is 0 Å². The predicted octanol–water partition coefficient (Wildman–Crippen LogP) is 2.51. The Morgan fingerprint density at radius 2 is 1.75 bits per heavy atom. The first-order valence-corrected chi connectivity index (χ1v) is 11.8. The summed E-state index contributed by atoms with van der Waals surface area (Å²) in [7, 11) is 0. The Morgan fingerprint density at radius 3 is 2.38 bits per heavy atom. The van der Waals surface area contributed by atoms with E-state index in [1.807, 2.05) is 30.0 Å². The Balaban J connectivity index is 1.39. The average molecular weight is 441 g/mol. The van der Waals surface area contributed by atoms with Gasteiger partial charge in [0.1, 0.15) is 5.75 Å². The SMILES string of the molecule is CCOc1ccc2c(c1)C(C)=CC(C)(C)N2C(=O)CN1CCN(CC(=O)NC2CC2)CC1. The monoisotopic (exact) mass is 440 g/mol. The number of ether oxygens (including phenoxy) is 1. The molecule has 2 fully saturated rings. The van der Waals surface area contributed by atoms with Gasteiger partial charge in [-0.25, -0.2) is 0 Å². The number of carbonyl (C=O) groups is 2. The van der Waals surface area contributed by atoms with Crippen LogP contribution in [-0.2, 0) is 9.59 Å². The molecule has 174 valence electrons. The molecule has 3 aliphatic rings. The lowest BCUT2D eigenvalue weighted by atomic mass is 9.88. The molecule has 1 aromatic carbocycles. The normalized spacial score (nSPS) is 21.0. The highest BCUT2D eigenvalue weighted by atomic mass is 16.5. The summed E-state index contributed by atoms with van der Waals surface area (Å²) in [5.41, 5.74) is 2.76. The van der Waals surface area contributed by atoms with Crippen LogP contribution in [-0.4, -0.2) is 79.1 Å². The Morgan fingerprint density at radius 1 is 1.09 bits per heavy atom. The van der Waals surface area contributed by atoms with E-state index < -0.39 is 5.54 Å². The quantitative estimate of drug-likeness (QED) is 0.706. The van der Waals surface area contributed by atoms with Crippen LogP contribution in [0.5, 0.6) is 5.75 Å². The van der Waals surface area contributed by atoms with Gasteiger partial charge in [0, 0.05) is 37.8 Å². The summed E-state index contributed by atoms with van der Waals surface area (Å²) in [6.45, 7) is 12.9. The molecule has 0 unspecified atom stereocenters. The number of anilines is 1. The van der Waals surface area contributed by atoms with Crippen molar-refractivity contribution in [3.63, 3.8) is 0 Å². The second-order valence-corrected chi connectivity index (χ2v) is 9.72. The van der Waals surface area contributed by atoms with Gasteiger partial charge >= 0.3 is 0 Å². The zero-order valence-corrected chi connectivity index (χ0v) is 19.8. The van der Waals surface area contributed by atoms with Gasteiger partial charge in [-0.3, -0.25) is 19.4 Å². The van der Waals surface area contributed by atoms with Crippen molar-refractivity contribution in [1.29, 1.82) is 0 Å². The molecule has 1 aliphatic carbocycles. The van der Waals surface area contributed by atoms with E-state index in [0.717, 1.165) is 61.6 Å². The van der Waals surface area contributed by atoms with Crippen molar-refractivity contribution < 1.29 is 14.3 Å². The van der Waals surface area contributed by atoms with Crippen molar-refractivity contribution >= 4 is 23.1 Å². The first-order valence-electron chi connectivity index (χ1n) is 11.8. The van der Waals surface area contributed by atoms with Crippen molar-refractivity contribution in [2.75, 3.05) is 50.8 Å². The maximum Gasteiger partial charge on any atom is 0.241 e. The van der Waals surface area contributed by atoms with E-state index in [1.54, 1.807) is 0 Å². The van der Waals surface area contributed by atoms with Crippen LogP contribution in [0.1, 0.15) is 46.1 Å². The highest BCUT2D eigenvalue weighted by molar-refractivity contribution is 6.01. The fourth-order valence-electron chi connectivity index (χ4n) is 4.79. The molecule has 1 saturated carbocycles. The number of nitrogens with zero attached hydrogens (tertiary/aromatic N) is 3. The van der Waals surface area contributed by atoms with Gasteiger partial charge in [-0.15, -0.1) is 0 Å². The molecule has 0 bridgehead atoms. The average Bonchev–Trinajstić information content (AvgIpc) is 3.53. The van der Waals surface area contributed by atoms with Gasteiger partial charge in [0.25, 0.3) is 0 Å². The van der Waals surface area contributed by atoms with Crippen LogP contribution in [0.3, 0.4) is 0 Å². The summed E-state index contributed by atoms with van der Waals surface area (Å²) in [4.78, 5) is 31.9. The van der Waals surface area contributed by atoms with E-state index in [-0.39, 0.29) is 11.8 Å². The maximum atomic E-state index is 13.5. The molecule has 1 aromatic rings. The van der Waals surface area contributed by atoms with E-state index in [4.69, 9.17) is 4.74 Å². The highest BCUT2D eigenvalue weighted by Crippen LogP contribution is 2.40. The summed E-state index contributed by atoms with van der Waals surface area (Å²) in [5.74, 6) is 1.05. The molecule has 0 atom stereocenters. The lowest BCUT2D eigenvalue weighted by molar-refractivity contribution is -0.124. The Bertz CT molecular complexity index is 898. The molecule has 4 rings (SSSR count). The first kappa shape index (κ1) is 22.8. The number of fused-ring (bicyclic) bond motifs is 1. The molecule has 2 heterocycles. The summed E-state index contributed by atoms with van der Waals surface area (Å²) < 4.78 is 5.68. The van der Waals surface area contributed by atoms with Gasteiger partial charge in [-0.05, 0) is 64.3 Å². The Hall–Kier alpha value is -2.38. The van der Waals surface area contributed by atoms with Crippen LogP contribution in [0.15, 0.2) is 24.3 Å². The number of carbonyl (C=O) groups excluding carboxylic acids is 2. The molecular formula is C25H36N4O3. The summed E-state index contributed by atoms with van der Waals surface area (Å²) in [5, 5.41) is 3.05. The van der Waals surface area contributed by atoms with Gasteiger partial charge in [-0.1, -0.05) is 6.08 Å². The number of hydrogen-bond acceptors (Lipinski definition) is 5. The fourth-order valence-corrected chi connectivity index (χ4v) is 4.79. The molecule has 32 heavy (non-hydrogen) atoms. The molecule has 2 amide bonds. The maximum absolute atomic E-state index is 13.5. The summed E-state index contributed by atoms with van der Waals surface area (Å²) in [6, 6.07) is 6.39. The highest BCUT2D eigenvalue weighted by Gasteiger charge is 2.36. The van der Waals surface area contributed by atoms with Crippen molar-refractivity contribution in [3.05, 3.63) is 29.8 Å². The van der Waals surface area contributed by atoms with Crippen molar-refractivity contribution in [2.24, 2.45) is 0 Å². The summed E-state index contributed by atoms with van der Waals surface area (Å²) >= 11 is 0. The van der Waals surface area contributed by atoms with Gasteiger partial charge in [0.15, 0.2) is 0 Å². The van der Waals surface area contributed by atoms with Crippen molar-refractivity contribution in [2.45, 2.75) is 52.1 Å². The number of hydrogen-bond donors (Lipinski definition) is 1. The minimum absolute atomic E-state index is 0.101. The topological polar surface area (TPSA) is 65.1 Å². The largest absolute Gasteiger partial charge is 0.494 e. The second-order valence-electron chi connectivity index (χ2n) is 9.72. The standard InChI is InChI=1S/C25H36N4O3/c1-5-32-20-8-9-22-21(14-20)18(2)15-25(3,4)29(22)24(31)17-28-12-10-27(11-13-28)16-23(30)26-19-6-7-19/h8-9,14-15,19H,5-7,10-13,16-17H2,1-4H3,(H,26,30). The van der Waals surface area contributed by atoms with Gasteiger partial charge in [0.05, 0.1) is 30.9 Å². The molecule has 2 aliphatic heterocycles. The third kappa shape index (κ3) is 5.15. The molecule has 0 aromatic heterocycles. The van der Waals surface area contributed by atoms with Gasteiger partial charge < -0.3 is 15.0 Å². The fraction of sp³-hybridized carbons (Fsp3) is 0.600. The predicted molar refractivity (Wildman–Crippen MR) is 127 cm³/mol. The zero-order chi connectivity index (χ0) is 22.9. The molecule has 1 N–H and O–H groups in total. The zero-order valence-electron chi connectivity index (χ0n) is 19.8. The third-order valence-electron chi connectivity index (χ3n) is 6.47. The van der Waals surface area contributed by atoms with E-state index in [1.165, 1.54) is 0 Å². The van der Waals surface area contributed by atoms with Crippen LogP contribution < -0.4 is 15.0 Å². The smallest absolute Gasteiger partial charge is 0.241 e. The van der Waals surface area contributed by atoms with Crippen LogP contribution in [0, 0.1) is 0 Å². The number of benzene rings is 1. The molecule has 0 spiro atoms. The molecular weight excluding hydrogens is 404 g/mol. The number of nitrogens with one attached hydrogen (secondary N) is 1. The summed E-state index contributed by atoms with van der Waals surface area (Å²) in [6.07, 6.45) is 4.39. The lowest BCUT2D eigenvalue weighted by Gasteiger charge is -2.43. The van der Waals surface area contributed by atoms with Crippen LogP contribution in [0.25, 0.3) is 5.57 Å². The molecule has 7 heteroatoms. The Kier molecular flexibility index (Phi) is 6.58. The second kappa shape index (κ2) is 9.24. The van der Waals surface area contributed by atoms with E-state index in [9.17, 15) is 9.59 Å². The number of allylic oxidation sites excluding steroid dienone is 1. The number of rotatable bonds is 7. The van der Waals surface area contributed by atoms with E-state index in [2.05, 4.69) is 42.0 Å². The third-order valence-corrected chi connectivity index (χ3v) is 6.47. The van der Waals surface area contributed by atoms with Crippen molar-refractivity contribution in [1.82, 2.24) is 15.1 Å². The first-order chi connectivity index (χ1) is 15.3. The van der Waals surface area contributed by atoms with E-state index in [0.29, 0.717) is 25.7 Å². The lowest BCUT2D eigenvalue weighted by Crippen LogP contribution is -2.55. The minimum Gasteiger partial charge on any atom is -0.494 e. The van der Waals surface area contributed by atoms with Gasteiger partial charge in [0.2, 0.25) is 11.8 Å². The van der Waals surface area contributed by atoms with Crippen LogP contribution in [0.4, 0.5) is 5.69 Å². The molecule has 0 radical (unpaired) electrons.